The Labute approximate surface area is 212 Å². The molecule has 4 rings (SSSR count). The molecule has 3 N–H and O–H groups in total. The third kappa shape index (κ3) is 4.37. The molecule has 0 aliphatic carbocycles. The number of aliphatic hydroxyl groups is 1. The van der Waals surface area contributed by atoms with E-state index >= 15 is 0 Å². The van der Waals surface area contributed by atoms with E-state index in [-0.39, 0.29) is 30.2 Å². The van der Waals surface area contributed by atoms with Gasteiger partial charge in [-0.15, -0.1) is 11.8 Å². The summed E-state index contributed by atoms with van der Waals surface area (Å²) in [6.07, 6.45) is 3.32. The van der Waals surface area contributed by atoms with Crippen LogP contribution in [0.4, 0.5) is 0 Å². The topological polar surface area (TPSA) is 98.7 Å². The maximum absolute atomic E-state index is 14.1. The standard InChI is InChI=1S/C27H39N3O4S/c1-5-6-14-28-24(33)22-27-13-12-26(4,35-27)20(23(32)29-15-18-10-8-7-9-11-18)21(27)25(34)30(22)19(16-31)17(2)3/h7-11,17,19-22,31H,5-6,12-16H2,1-4H3,(H,28,33)(H,29,32)/t19-,20-,21-,22?,26+,27?/m0/s1. The van der Waals surface area contributed by atoms with Gasteiger partial charge >= 0.3 is 0 Å². The molecule has 3 aliphatic heterocycles. The van der Waals surface area contributed by atoms with E-state index in [1.165, 1.54) is 0 Å². The lowest BCUT2D eigenvalue weighted by atomic mass is 9.66. The molecule has 2 unspecified atom stereocenters. The summed E-state index contributed by atoms with van der Waals surface area (Å²) in [5.74, 6) is -1.55. The average Bonchev–Trinajstić information content (AvgIpc) is 3.40. The fraction of sp³-hybridized carbons (Fsp3) is 0.667. The number of rotatable bonds is 10. The number of amides is 3. The van der Waals surface area contributed by atoms with Crippen molar-refractivity contribution in [3.63, 3.8) is 0 Å². The summed E-state index contributed by atoms with van der Waals surface area (Å²) in [7, 11) is 0. The predicted octanol–water partition coefficient (Wildman–Crippen LogP) is 2.72. The Morgan fingerprint density at radius 2 is 1.89 bits per heavy atom. The molecule has 2 bridgehead atoms. The number of aliphatic hydroxyl groups excluding tert-OH is 1. The van der Waals surface area contributed by atoms with Crippen LogP contribution in [0.25, 0.3) is 0 Å². The van der Waals surface area contributed by atoms with Crippen LogP contribution in [0.1, 0.15) is 58.9 Å². The average molecular weight is 502 g/mol. The third-order valence-corrected chi connectivity index (χ3v) is 10.2. The van der Waals surface area contributed by atoms with E-state index < -0.39 is 33.4 Å². The smallest absolute Gasteiger partial charge is 0.244 e. The molecule has 1 aromatic rings. The van der Waals surface area contributed by atoms with Crippen molar-refractivity contribution in [3.8, 4) is 0 Å². The maximum atomic E-state index is 14.1. The van der Waals surface area contributed by atoms with Crippen molar-refractivity contribution in [3.05, 3.63) is 35.9 Å². The summed E-state index contributed by atoms with van der Waals surface area (Å²) in [5.41, 5.74) is 1.00. The molecule has 35 heavy (non-hydrogen) atoms. The monoisotopic (exact) mass is 501 g/mol. The summed E-state index contributed by atoms with van der Waals surface area (Å²) < 4.78 is -1.05. The minimum absolute atomic E-state index is 0.0201. The van der Waals surface area contributed by atoms with Crippen LogP contribution in [0, 0.1) is 17.8 Å². The number of hydrogen-bond donors (Lipinski definition) is 3. The van der Waals surface area contributed by atoms with Gasteiger partial charge in [-0.05, 0) is 37.7 Å². The molecule has 8 heteroatoms. The van der Waals surface area contributed by atoms with E-state index in [1.54, 1.807) is 16.7 Å². The van der Waals surface area contributed by atoms with Gasteiger partial charge in [0.05, 0.1) is 29.2 Å². The first kappa shape index (κ1) is 26.0. The Morgan fingerprint density at radius 3 is 2.51 bits per heavy atom. The van der Waals surface area contributed by atoms with Gasteiger partial charge in [-0.3, -0.25) is 14.4 Å². The summed E-state index contributed by atoms with van der Waals surface area (Å²) in [5, 5.41) is 16.4. The number of thioether (sulfide) groups is 1. The summed E-state index contributed by atoms with van der Waals surface area (Å²) in [4.78, 5) is 43.0. The number of carbonyl (C=O) groups is 3. The minimum Gasteiger partial charge on any atom is -0.394 e. The molecule has 1 aromatic carbocycles. The van der Waals surface area contributed by atoms with E-state index in [0.29, 0.717) is 19.5 Å². The van der Waals surface area contributed by atoms with Crippen LogP contribution in [0.2, 0.25) is 0 Å². The molecule has 3 fully saturated rings. The SMILES string of the molecule is CCCCNC(=O)C1N([C@@H](CO)C(C)C)C(=O)[C@@H]2[C@@H](C(=O)NCc3ccccc3)[C@@]3(C)CCC12S3. The number of likely N-dealkylation sites (tertiary alicyclic amines) is 1. The first-order valence-corrected chi connectivity index (χ1v) is 13.7. The van der Waals surface area contributed by atoms with Crippen molar-refractivity contribution in [1.29, 1.82) is 0 Å². The highest BCUT2D eigenvalue weighted by atomic mass is 32.2. The van der Waals surface area contributed by atoms with E-state index in [0.717, 1.165) is 24.8 Å². The third-order valence-electron chi connectivity index (χ3n) is 8.20. The fourth-order valence-electron chi connectivity index (χ4n) is 6.42. The predicted molar refractivity (Wildman–Crippen MR) is 137 cm³/mol. The van der Waals surface area contributed by atoms with Crippen molar-refractivity contribution >= 4 is 29.5 Å². The Balaban J connectivity index is 1.67. The molecule has 3 aliphatic rings. The van der Waals surface area contributed by atoms with Gasteiger partial charge in [0.1, 0.15) is 6.04 Å². The number of carbonyl (C=O) groups excluding carboxylic acids is 3. The highest BCUT2D eigenvalue weighted by Crippen LogP contribution is 2.71. The number of nitrogens with zero attached hydrogens (tertiary/aromatic N) is 1. The summed E-state index contributed by atoms with van der Waals surface area (Å²) in [6, 6.07) is 8.59. The molecule has 0 aromatic heterocycles. The highest BCUT2D eigenvalue weighted by Gasteiger charge is 2.77. The number of benzene rings is 1. The Morgan fingerprint density at radius 1 is 1.17 bits per heavy atom. The molecule has 1 spiro atoms. The minimum atomic E-state index is -0.685. The first-order chi connectivity index (χ1) is 16.7. The Kier molecular flexibility index (Phi) is 7.53. The van der Waals surface area contributed by atoms with E-state index in [2.05, 4.69) is 24.5 Å². The van der Waals surface area contributed by atoms with Gasteiger partial charge in [0.25, 0.3) is 0 Å². The van der Waals surface area contributed by atoms with Crippen molar-refractivity contribution < 1.29 is 19.5 Å². The maximum Gasteiger partial charge on any atom is 0.244 e. The molecule has 7 nitrogen and oxygen atoms in total. The van der Waals surface area contributed by atoms with E-state index in [1.807, 2.05) is 44.2 Å². The van der Waals surface area contributed by atoms with Gasteiger partial charge in [-0.2, -0.15) is 0 Å². The molecular weight excluding hydrogens is 462 g/mol. The summed E-state index contributed by atoms with van der Waals surface area (Å²) in [6.45, 7) is 8.82. The zero-order valence-corrected chi connectivity index (χ0v) is 22.1. The van der Waals surface area contributed by atoms with Crippen LogP contribution in [0.3, 0.4) is 0 Å². The molecule has 0 radical (unpaired) electrons. The van der Waals surface area contributed by atoms with Gasteiger partial charge in [-0.1, -0.05) is 57.5 Å². The molecule has 3 saturated heterocycles. The van der Waals surface area contributed by atoms with Gasteiger partial charge in [-0.25, -0.2) is 0 Å². The van der Waals surface area contributed by atoms with Crippen LogP contribution in [0.15, 0.2) is 30.3 Å². The lowest BCUT2D eigenvalue weighted by Crippen LogP contribution is -2.57. The van der Waals surface area contributed by atoms with Crippen LogP contribution in [-0.2, 0) is 20.9 Å². The van der Waals surface area contributed by atoms with Crippen molar-refractivity contribution in [2.24, 2.45) is 17.8 Å². The second-order valence-corrected chi connectivity index (χ2v) is 12.7. The largest absolute Gasteiger partial charge is 0.394 e. The highest BCUT2D eigenvalue weighted by molar-refractivity contribution is 8.02. The van der Waals surface area contributed by atoms with Gasteiger partial charge in [0.2, 0.25) is 17.7 Å². The molecular formula is C27H39N3O4S. The Bertz CT molecular complexity index is 957. The number of unbranched alkanes of at least 4 members (excludes halogenated alkanes) is 1. The molecule has 6 atom stereocenters. The first-order valence-electron chi connectivity index (χ1n) is 12.9. The van der Waals surface area contributed by atoms with Crippen LogP contribution in [-0.4, -0.2) is 62.5 Å². The quantitative estimate of drug-likeness (QED) is 0.428. The summed E-state index contributed by atoms with van der Waals surface area (Å²) >= 11 is 1.67. The number of hydrogen-bond acceptors (Lipinski definition) is 5. The van der Waals surface area contributed by atoms with Crippen LogP contribution < -0.4 is 10.6 Å². The second-order valence-electron chi connectivity index (χ2n) is 10.8. The lowest BCUT2D eigenvalue weighted by Gasteiger charge is -2.38. The fourth-order valence-corrected chi connectivity index (χ4v) is 8.76. The van der Waals surface area contributed by atoms with Crippen LogP contribution in [0.5, 0.6) is 0 Å². The van der Waals surface area contributed by atoms with Gasteiger partial charge < -0.3 is 20.6 Å². The lowest BCUT2D eigenvalue weighted by molar-refractivity contribution is -0.144. The number of fused-ring (bicyclic) bond motifs is 1. The van der Waals surface area contributed by atoms with Crippen molar-refractivity contribution in [1.82, 2.24) is 15.5 Å². The van der Waals surface area contributed by atoms with Crippen molar-refractivity contribution in [2.45, 2.75) is 81.5 Å². The number of nitrogens with one attached hydrogen (secondary N) is 2. The second kappa shape index (κ2) is 10.1. The van der Waals surface area contributed by atoms with Gasteiger partial charge in [0.15, 0.2) is 0 Å². The zero-order valence-electron chi connectivity index (χ0n) is 21.3. The molecule has 3 amide bonds. The zero-order chi connectivity index (χ0) is 25.4. The molecule has 192 valence electrons. The van der Waals surface area contributed by atoms with Gasteiger partial charge in [0, 0.05) is 17.8 Å². The van der Waals surface area contributed by atoms with E-state index in [9.17, 15) is 19.5 Å². The Hall–Kier alpha value is -2.06. The van der Waals surface area contributed by atoms with Crippen LogP contribution >= 0.6 is 11.8 Å². The van der Waals surface area contributed by atoms with E-state index in [4.69, 9.17) is 0 Å². The molecule has 0 saturated carbocycles. The normalized spacial score (nSPS) is 32.1. The van der Waals surface area contributed by atoms with Crippen molar-refractivity contribution in [2.75, 3.05) is 13.2 Å². The molecule has 3 heterocycles.